The molecule has 0 aliphatic heterocycles. The summed E-state index contributed by atoms with van der Waals surface area (Å²) in [5.74, 6) is -13.8. The smallest absolute Gasteiger partial charge is 0.460 e. The molecule has 0 N–H and O–H groups in total. The molecule has 0 radical (unpaired) electrons. The summed E-state index contributed by atoms with van der Waals surface area (Å²) in [4.78, 5) is 23.1. The third-order valence-corrected chi connectivity index (χ3v) is 3.09. The van der Waals surface area contributed by atoms with E-state index in [4.69, 9.17) is 0 Å². The number of hydrogen-bond donors (Lipinski definition) is 1. The second-order valence-corrected chi connectivity index (χ2v) is 6.14. The molecule has 0 aliphatic rings. The highest BCUT2D eigenvalue weighted by Crippen LogP contribution is 2.41. The van der Waals surface area contributed by atoms with Gasteiger partial charge in [-0.2, -0.15) is 30.7 Å². The summed E-state index contributed by atoms with van der Waals surface area (Å²) < 4.78 is 104. The lowest BCUT2D eigenvalue weighted by molar-refractivity contribution is -0.357. The predicted octanol–water partition coefficient (Wildman–Crippen LogP) is 3.74. The summed E-state index contributed by atoms with van der Waals surface area (Å²) in [7, 11) is 0. The first kappa shape index (κ1) is 25.5. The van der Waals surface area contributed by atoms with E-state index in [1.807, 2.05) is 0 Å². The van der Waals surface area contributed by atoms with Gasteiger partial charge in [-0.1, -0.05) is 33.1 Å². The molecule has 13 heteroatoms. The van der Waals surface area contributed by atoms with E-state index in [-0.39, 0.29) is 6.08 Å². The van der Waals surface area contributed by atoms with Crippen LogP contribution in [0.4, 0.5) is 30.7 Å². The molecule has 0 saturated heterocycles. The van der Waals surface area contributed by atoms with Crippen LogP contribution in [0.5, 0.6) is 0 Å². The molecule has 0 bridgehead atoms. The molecule has 0 aromatic carbocycles. The Labute approximate surface area is 155 Å². The minimum absolute atomic E-state index is 0.246. The molecule has 0 aromatic rings. The summed E-state index contributed by atoms with van der Waals surface area (Å²) in [6.45, 7) is 3.46. The molecule has 0 fully saturated rings. The maximum Gasteiger partial charge on any atom is 0.468 e. The van der Waals surface area contributed by atoms with E-state index in [0.717, 1.165) is 0 Å². The van der Waals surface area contributed by atoms with Crippen molar-refractivity contribution in [1.82, 2.24) is 0 Å². The second kappa shape index (κ2) is 9.13. The summed E-state index contributed by atoms with van der Waals surface area (Å²) >= 11 is 2.35. The van der Waals surface area contributed by atoms with Crippen molar-refractivity contribution < 1.29 is 54.5 Å². The van der Waals surface area contributed by atoms with Gasteiger partial charge in [-0.25, -0.2) is 9.59 Å². The van der Waals surface area contributed by atoms with Crippen molar-refractivity contribution in [2.75, 3.05) is 13.2 Å². The van der Waals surface area contributed by atoms with Gasteiger partial charge >= 0.3 is 35.1 Å². The van der Waals surface area contributed by atoms with Crippen LogP contribution in [0.3, 0.4) is 0 Å². The Kier molecular flexibility index (Phi) is 8.62. The molecule has 5 nitrogen and oxygen atoms in total. The van der Waals surface area contributed by atoms with Crippen molar-refractivity contribution in [3.8, 4) is 0 Å². The zero-order valence-electron chi connectivity index (χ0n) is 14.1. The predicted molar refractivity (Wildman–Crippen MR) is 80.3 cm³/mol. The Morgan fingerprint density at radius 1 is 1.11 bits per heavy atom. The first-order chi connectivity index (χ1) is 12.0. The average Bonchev–Trinajstić information content (AvgIpc) is 2.48. The molecule has 0 amide bonds. The number of rotatable bonds is 10. The van der Waals surface area contributed by atoms with Gasteiger partial charge in [-0.05, 0) is 5.92 Å². The van der Waals surface area contributed by atoms with Crippen LogP contribution in [0, 0.1) is 5.92 Å². The number of thiol groups is 1. The summed E-state index contributed by atoms with van der Waals surface area (Å²) in [6.07, 6.45) is -7.50. The van der Waals surface area contributed by atoms with E-state index in [9.17, 15) is 40.3 Å². The Hall–Kier alpha value is -1.50. The second-order valence-electron chi connectivity index (χ2n) is 5.58. The van der Waals surface area contributed by atoms with Crippen molar-refractivity contribution in [2.24, 2.45) is 5.92 Å². The zero-order valence-corrected chi connectivity index (χ0v) is 15.0. The third kappa shape index (κ3) is 6.87. The molecular formula is C14H17F7O5S. The van der Waals surface area contributed by atoms with Gasteiger partial charge in [0.2, 0.25) is 0 Å². The maximum absolute atomic E-state index is 13.4. The maximum atomic E-state index is 13.4. The van der Waals surface area contributed by atoms with E-state index in [1.54, 1.807) is 0 Å². The van der Waals surface area contributed by atoms with Crippen LogP contribution >= 0.6 is 12.6 Å². The highest BCUT2D eigenvalue weighted by atomic mass is 32.1. The first-order valence-electron chi connectivity index (χ1n) is 7.21. The molecule has 0 spiro atoms. The molecule has 158 valence electrons. The fraction of sp³-hybridized carbons (Fsp3) is 0.714. The van der Waals surface area contributed by atoms with Crippen LogP contribution in [-0.2, 0) is 23.8 Å². The molecule has 0 aliphatic carbocycles. The summed E-state index contributed by atoms with van der Waals surface area (Å²) in [5, 5.41) is -4.87. The van der Waals surface area contributed by atoms with Crippen LogP contribution in [0.2, 0.25) is 0 Å². The standard InChI is InChI=1S/C14H17F7O5S/c1-4-9(22)26-12(13(17,18)19,10(23)24-7-8(2)3)25-6-5-11(15,16)14(20,21)27/h4,8,27H,1,5-7H2,2-3H3. The summed E-state index contributed by atoms with van der Waals surface area (Å²) in [6, 6.07) is 0. The van der Waals surface area contributed by atoms with Gasteiger partial charge in [0, 0.05) is 12.5 Å². The van der Waals surface area contributed by atoms with Gasteiger partial charge in [-0.15, -0.1) is 0 Å². The van der Waals surface area contributed by atoms with Crippen LogP contribution in [0.1, 0.15) is 20.3 Å². The van der Waals surface area contributed by atoms with Crippen LogP contribution in [-0.4, -0.2) is 48.3 Å². The van der Waals surface area contributed by atoms with Crippen molar-refractivity contribution in [1.29, 1.82) is 0 Å². The van der Waals surface area contributed by atoms with Crippen LogP contribution in [0.25, 0.3) is 0 Å². The molecule has 0 aromatic heterocycles. The average molecular weight is 430 g/mol. The molecule has 1 unspecified atom stereocenters. The van der Waals surface area contributed by atoms with Gasteiger partial charge < -0.3 is 14.2 Å². The van der Waals surface area contributed by atoms with Gasteiger partial charge in [0.25, 0.3) is 0 Å². The third-order valence-electron chi connectivity index (χ3n) is 2.76. The largest absolute Gasteiger partial charge is 0.468 e. The molecule has 27 heavy (non-hydrogen) atoms. The van der Waals surface area contributed by atoms with Gasteiger partial charge in [0.05, 0.1) is 13.2 Å². The van der Waals surface area contributed by atoms with Crippen molar-refractivity contribution in [3.05, 3.63) is 12.7 Å². The monoisotopic (exact) mass is 430 g/mol. The molecule has 0 rings (SSSR count). The molecule has 0 heterocycles. The highest BCUT2D eigenvalue weighted by Gasteiger charge is 2.68. The number of hydrogen-bond acceptors (Lipinski definition) is 6. The quantitative estimate of drug-likeness (QED) is 0.188. The van der Waals surface area contributed by atoms with E-state index in [0.29, 0.717) is 0 Å². The van der Waals surface area contributed by atoms with Gasteiger partial charge in [0.1, 0.15) is 0 Å². The molecule has 0 saturated carbocycles. The minimum atomic E-state index is -5.78. The number of esters is 2. The SMILES string of the molecule is C=CC(=O)OC(OCCC(F)(F)C(F)(F)S)(C(=O)OCC(C)C)C(F)(F)F. The number of alkyl halides is 7. The number of carbonyl (C=O) groups is 2. The van der Waals surface area contributed by atoms with E-state index in [1.165, 1.54) is 13.8 Å². The lowest BCUT2D eigenvalue weighted by Gasteiger charge is -2.32. The summed E-state index contributed by atoms with van der Waals surface area (Å²) in [5.41, 5.74) is 0. The highest BCUT2D eigenvalue weighted by molar-refractivity contribution is 7.81. The number of halogens is 7. The lowest BCUT2D eigenvalue weighted by atomic mass is 10.2. The fourth-order valence-corrected chi connectivity index (χ4v) is 1.49. The zero-order chi connectivity index (χ0) is 21.7. The number of carbonyl (C=O) groups excluding carboxylic acids is 2. The van der Waals surface area contributed by atoms with Crippen molar-refractivity contribution in [3.63, 3.8) is 0 Å². The van der Waals surface area contributed by atoms with Crippen molar-refractivity contribution >= 4 is 24.6 Å². The first-order valence-corrected chi connectivity index (χ1v) is 7.66. The Morgan fingerprint density at radius 2 is 1.63 bits per heavy atom. The topological polar surface area (TPSA) is 61.8 Å². The van der Waals surface area contributed by atoms with Crippen LogP contribution in [0.15, 0.2) is 12.7 Å². The van der Waals surface area contributed by atoms with E-state index in [2.05, 4.69) is 33.4 Å². The fourth-order valence-electron chi connectivity index (χ4n) is 1.38. The molecule has 1 atom stereocenters. The number of ether oxygens (including phenoxy) is 3. The van der Waals surface area contributed by atoms with Crippen LogP contribution < -0.4 is 0 Å². The van der Waals surface area contributed by atoms with Gasteiger partial charge in [-0.3, -0.25) is 0 Å². The minimum Gasteiger partial charge on any atom is -0.460 e. The van der Waals surface area contributed by atoms with E-state index < -0.39 is 60.6 Å². The van der Waals surface area contributed by atoms with Crippen molar-refractivity contribution in [2.45, 2.75) is 43.4 Å². The normalized spacial score (nSPS) is 15.2. The Bertz CT molecular complexity index is 545. The Morgan fingerprint density at radius 3 is 2.00 bits per heavy atom. The molecular weight excluding hydrogens is 413 g/mol. The Balaban J connectivity index is 5.69. The van der Waals surface area contributed by atoms with E-state index >= 15 is 0 Å². The van der Waals surface area contributed by atoms with Gasteiger partial charge in [0.15, 0.2) is 0 Å². The lowest BCUT2D eigenvalue weighted by Crippen LogP contribution is -2.58.